The van der Waals surface area contributed by atoms with Gasteiger partial charge in [0.1, 0.15) is 0 Å². The monoisotopic (exact) mass is 311 g/mol. The minimum atomic E-state index is -3.56. The average molecular weight is 311 g/mol. The van der Waals surface area contributed by atoms with E-state index in [1.165, 1.54) is 17.4 Å². The summed E-state index contributed by atoms with van der Waals surface area (Å²) in [6.45, 7) is 5.83. The van der Waals surface area contributed by atoms with Gasteiger partial charge in [-0.3, -0.25) is 0 Å². The van der Waals surface area contributed by atoms with Crippen LogP contribution in [-0.4, -0.2) is 13.4 Å². The molecule has 0 saturated heterocycles. The van der Waals surface area contributed by atoms with E-state index in [1.54, 1.807) is 12.3 Å². The van der Waals surface area contributed by atoms with Gasteiger partial charge >= 0.3 is 0 Å². The molecule has 0 unspecified atom stereocenters. The Bertz CT molecular complexity index is 713. The number of nitrogens with one attached hydrogen (secondary N) is 1. The molecule has 0 aliphatic rings. The van der Waals surface area contributed by atoms with Crippen LogP contribution in [-0.2, 0) is 16.6 Å². The molecule has 3 N–H and O–H groups in total. The predicted octanol–water partition coefficient (Wildman–Crippen LogP) is 2.13. The third-order valence-corrected chi connectivity index (χ3v) is 5.39. The van der Waals surface area contributed by atoms with Crippen LogP contribution in [0.25, 0.3) is 0 Å². The SMILES string of the molecule is Cc1ncc(CNS(=O)(=O)c2cc(C)c(C)c(N)c2)s1. The Labute approximate surface area is 122 Å². The molecular weight excluding hydrogens is 294 g/mol. The number of sulfonamides is 1. The summed E-state index contributed by atoms with van der Waals surface area (Å²) in [5.74, 6) is 0. The van der Waals surface area contributed by atoms with Crippen LogP contribution in [0.2, 0.25) is 0 Å². The Morgan fingerprint density at radius 3 is 2.55 bits per heavy atom. The number of aryl methyl sites for hydroxylation is 2. The second kappa shape index (κ2) is 5.51. The first-order valence-corrected chi connectivity index (χ1v) is 8.37. The van der Waals surface area contributed by atoms with Crippen LogP contribution in [0.15, 0.2) is 23.2 Å². The first-order chi connectivity index (χ1) is 9.29. The molecule has 0 radical (unpaired) electrons. The van der Waals surface area contributed by atoms with E-state index in [0.717, 1.165) is 21.0 Å². The molecule has 5 nitrogen and oxygen atoms in total. The quantitative estimate of drug-likeness (QED) is 0.847. The number of benzene rings is 1. The third-order valence-electron chi connectivity index (χ3n) is 3.10. The van der Waals surface area contributed by atoms with Crippen LogP contribution in [0.5, 0.6) is 0 Å². The molecular formula is C13H17N3O2S2. The van der Waals surface area contributed by atoms with Crippen molar-refractivity contribution in [3.63, 3.8) is 0 Å². The largest absolute Gasteiger partial charge is 0.398 e. The molecule has 1 heterocycles. The molecule has 0 fully saturated rings. The number of hydrogen-bond acceptors (Lipinski definition) is 5. The van der Waals surface area contributed by atoms with Crippen LogP contribution in [0.3, 0.4) is 0 Å². The standard InChI is InChI=1S/C13H17N3O2S2/c1-8-4-12(5-13(14)9(8)2)20(17,18)16-7-11-6-15-10(3)19-11/h4-6,16H,7,14H2,1-3H3. The van der Waals surface area contributed by atoms with Gasteiger partial charge in [-0.15, -0.1) is 11.3 Å². The maximum atomic E-state index is 12.2. The van der Waals surface area contributed by atoms with Gasteiger partial charge in [-0.25, -0.2) is 18.1 Å². The molecule has 7 heteroatoms. The minimum Gasteiger partial charge on any atom is -0.398 e. The van der Waals surface area contributed by atoms with E-state index < -0.39 is 10.0 Å². The lowest BCUT2D eigenvalue weighted by atomic mass is 10.1. The second-order valence-corrected chi connectivity index (χ2v) is 7.71. The summed E-state index contributed by atoms with van der Waals surface area (Å²) in [6.07, 6.45) is 1.68. The second-order valence-electron chi connectivity index (χ2n) is 4.62. The normalized spacial score (nSPS) is 11.8. The van der Waals surface area contributed by atoms with E-state index in [9.17, 15) is 8.42 Å². The van der Waals surface area contributed by atoms with Crippen molar-refractivity contribution in [3.8, 4) is 0 Å². The van der Waals surface area contributed by atoms with Gasteiger partial charge in [0.2, 0.25) is 10.0 Å². The summed E-state index contributed by atoms with van der Waals surface area (Å²) in [5, 5.41) is 0.912. The molecule has 20 heavy (non-hydrogen) atoms. The van der Waals surface area contributed by atoms with Crippen molar-refractivity contribution in [1.82, 2.24) is 9.71 Å². The molecule has 0 saturated carbocycles. The van der Waals surface area contributed by atoms with Crippen LogP contribution < -0.4 is 10.5 Å². The number of aromatic nitrogens is 1. The highest BCUT2D eigenvalue weighted by molar-refractivity contribution is 7.89. The highest BCUT2D eigenvalue weighted by Gasteiger charge is 2.16. The zero-order valence-electron chi connectivity index (χ0n) is 11.6. The number of thiazole rings is 1. The van der Waals surface area contributed by atoms with Gasteiger partial charge in [0.15, 0.2) is 0 Å². The highest BCUT2D eigenvalue weighted by Crippen LogP contribution is 2.22. The molecule has 0 amide bonds. The van der Waals surface area contributed by atoms with E-state index in [0.29, 0.717) is 5.69 Å². The smallest absolute Gasteiger partial charge is 0.240 e. The van der Waals surface area contributed by atoms with Crippen molar-refractivity contribution >= 4 is 27.0 Å². The lowest BCUT2D eigenvalue weighted by Crippen LogP contribution is -2.23. The summed E-state index contributed by atoms with van der Waals surface area (Å²) < 4.78 is 27.1. The molecule has 0 spiro atoms. The Balaban J connectivity index is 2.22. The summed E-state index contributed by atoms with van der Waals surface area (Å²) in [4.78, 5) is 5.17. The third kappa shape index (κ3) is 3.17. The minimum absolute atomic E-state index is 0.194. The molecule has 108 valence electrons. The number of hydrogen-bond donors (Lipinski definition) is 2. The van der Waals surface area contributed by atoms with Crippen LogP contribution in [0, 0.1) is 20.8 Å². The van der Waals surface area contributed by atoms with Crippen molar-refractivity contribution in [1.29, 1.82) is 0 Å². The van der Waals surface area contributed by atoms with Crippen LogP contribution >= 0.6 is 11.3 Å². The topological polar surface area (TPSA) is 85.1 Å². The molecule has 0 aliphatic carbocycles. The van der Waals surface area contributed by atoms with E-state index in [1.807, 2.05) is 20.8 Å². The van der Waals surface area contributed by atoms with Gasteiger partial charge in [0.25, 0.3) is 0 Å². The fraction of sp³-hybridized carbons (Fsp3) is 0.308. The summed E-state index contributed by atoms with van der Waals surface area (Å²) in [6, 6.07) is 3.12. The number of nitrogens with zero attached hydrogens (tertiary/aromatic N) is 1. The zero-order valence-corrected chi connectivity index (χ0v) is 13.2. The van der Waals surface area contributed by atoms with Crippen molar-refractivity contribution in [2.75, 3.05) is 5.73 Å². The molecule has 1 aromatic heterocycles. The van der Waals surface area contributed by atoms with Gasteiger partial charge in [0, 0.05) is 23.3 Å². The number of nitrogens with two attached hydrogens (primary N) is 1. The van der Waals surface area contributed by atoms with Gasteiger partial charge in [-0.1, -0.05) is 0 Å². The number of anilines is 1. The van der Waals surface area contributed by atoms with E-state index in [-0.39, 0.29) is 11.4 Å². The Morgan fingerprint density at radius 1 is 1.30 bits per heavy atom. The Hall–Kier alpha value is -1.44. The fourth-order valence-corrected chi connectivity index (χ4v) is 3.70. The summed E-state index contributed by atoms with van der Waals surface area (Å²) >= 11 is 1.47. The predicted molar refractivity (Wildman–Crippen MR) is 81.2 cm³/mol. The fourth-order valence-electron chi connectivity index (χ4n) is 1.74. The maximum Gasteiger partial charge on any atom is 0.240 e. The van der Waals surface area contributed by atoms with Crippen molar-refractivity contribution in [3.05, 3.63) is 39.3 Å². The summed E-state index contributed by atoms with van der Waals surface area (Å²) in [5.41, 5.74) is 8.08. The zero-order chi connectivity index (χ0) is 14.9. The molecule has 2 aromatic rings. The number of nitrogen functional groups attached to an aromatic ring is 1. The highest BCUT2D eigenvalue weighted by atomic mass is 32.2. The Morgan fingerprint density at radius 2 is 2.00 bits per heavy atom. The van der Waals surface area contributed by atoms with Gasteiger partial charge in [-0.2, -0.15) is 0 Å². The number of rotatable bonds is 4. The van der Waals surface area contributed by atoms with Gasteiger partial charge in [0.05, 0.1) is 9.90 Å². The maximum absolute atomic E-state index is 12.2. The van der Waals surface area contributed by atoms with Crippen molar-refractivity contribution in [2.24, 2.45) is 0 Å². The molecule has 1 aromatic carbocycles. The van der Waals surface area contributed by atoms with Crippen molar-refractivity contribution in [2.45, 2.75) is 32.2 Å². The molecule has 0 atom stereocenters. The van der Waals surface area contributed by atoms with Crippen molar-refractivity contribution < 1.29 is 8.42 Å². The summed E-state index contributed by atoms with van der Waals surface area (Å²) in [7, 11) is -3.56. The van der Waals surface area contributed by atoms with Crippen LogP contribution in [0.4, 0.5) is 5.69 Å². The lowest BCUT2D eigenvalue weighted by molar-refractivity contribution is 0.581. The molecule has 0 bridgehead atoms. The molecule has 2 rings (SSSR count). The first kappa shape index (κ1) is 15.0. The molecule has 0 aliphatic heterocycles. The van der Waals surface area contributed by atoms with Gasteiger partial charge in [-0.05, 0) is 44.0 Å². The van der Waals surface area contributed by atoms with E-state index in [2.05, 4.69) is 9.71 Å². The average Bonchev–Trinajstić information content (AvgIpc) is 2.79. The lowest BCUT2D eigenvalue weighted by Gasteiger charge is -2.10. The first-order valence-electron chi connectivity index (χ1n) is 6.07. The van der Waals surface area contributed by atoms with Crippen LogP contribution in [0.1, 0.15) is 21.0 Å². The van der Waals surface area contributed by atoms with E-state index >= 15 is 0 Å². The Kier molecular flexibility index (Phi) is 4.12. The van der Waals surface area contributed by atoms with E-state index in [4.69, 9.17) is 5.73 Å². The van der Waals surface area contributed by atoms with Gasteiger partial charge < -0.3 is 5.73 Å².